The van der Waals surface area contributed by atoms with Crippen molar-refractivity contribution in [3.63, 3.8) is 0 Å². The van der Waals surface area contributed by atoms with Crippen LogP contribution in [0.5, 0.6) is 0 Å². The molecule has 0 amide bonds. The van der Waals surface area contributed by atoms with Gasteiger partial charge in [0.25, 0.3) is 0 Å². The summed E-state index contributed by atoms with van der Waals surface area (Å²) >= 11 is 0. The molecule has 6 heteroatoms. The van der Waals surface area contributed by atoms with Crippen molar-refractivity contribution >= 4 is 15.9 Å². The fraction of sp³-hybridized carbons (Fsp3) is 0.364. The van der Waals surface area contributed by atoms with Crippen LogP contribution in [0, 0.1) is 5.41 Å². The molecule has 1 unspecified atom stereocenters. The molecule has 0 radical (unpaired) electrons. The molecule has 0 fully saturated rings. The molecule has 0 aliphatic heterocycles. The zero-order chi connectivity index (χ0) is 13.1. The van der Waals surface area contributed by atoms with Gasteiger partial charge in [-0.3, -0.25) is 5.41 Å². The van der Waals surface area contributed by atoms with Crippen molar-refractivity contribution in [1.29, 1.82) is 5.41 Å². The number of nitrogens with one attached hydrogen (secondary N) is 1. The topological polar surface area (TPSA) is 87.2 Å². The molecule has 0 saturated carbocycles. The van der Waals surface area contributed by atoms with Crippen LogP contribution < -0.4 is 5.73 Å². The third kappa shape index (κ3) is 3.54. The fourth-order valence-corrected chi connectivity index (χ4v) is 2.74. The van der Waals surface area contributed by atoms with Crippen LogP contribution in [0.25, 0.3) is 0 Å². The number of likely N-dealkylation sites (N-methyl/N-ethyl adjacent to an activating group) is 1. The van der Waals surface area contributed by atoms with E-state index in [9.17, 15) is 8.42 Å². The first-order valence-corrected chi connectivity index (χ1v) is 6.79. The van der Waals surface area contributed by atoms with E-state index in [0.717, 1.165) is 9.87 Å². The van der Waals surface area contributed by atoms with Crippen LogP contribution in [-0.2, 0) is 15.8 Å². The van der Waals surface area contributed by atoms with E-state index in [0.29, 0.717) is 0 Å². The maximum absolute atomic E-state index is 12.0. The Balaban J connectivity index is 2.86. The first-order chi connectivity index (χ1) is 7.84. The first kappa shape index (κ1) is 13.7. The van der Waals surface area contributed by atoms with Crippen LogP contribution in [0.3, 0.4) is 0 Å². The van der Waals surface area contributed by atoms with Gasteiger partial charge in [0.05, 0.1) is 11.8 Å². The Bertz CT molecular complexity index is 485. The molecule has 0 bridgehead atoms. The molecule has 1 atom stereocenters. The minimum absolute atomic E-state index is 0.0814. The van der Waals surface area contributed by atoms with Gasteiger partial charge in [-0.2, -0.15) is 4.31 Å². The lowest BCUT2D eigenvalue weighted by molar-refractivity contribution is 0.447. The molecular weight excluding hydrogens is 238 g/mol. The molecule has 1 aromatic rings. The SMILES string of the molecule is CC(C(=N)N)N(C)S(=O)(=O)Cc1ccccc1. The summed E-state index contributed by atoms with van der Waals surface area (Å²) in [6.07, 6.45) is 0. The molecule has 0 aliphatic carbocycles. The number of amidine groups is 1. The van der Waals surface area contributed by atoms with Crippen molar-refractivity contribution in [3.8, 4) is 0 Å². The molecule has 1 aromatic carbocycles. The summed E-state index contributed by atoms with van der Waals surface area (Å²) in [6.45, 7) is 1.59. The number of sulfonamides is 1. The van der Waals surface area contributed by atoms with Gasteiger partial charge in [0.15, 0.2) is 0 Å². The maximum atomic E-state index is 12.0. The van der Waals surface area contributed by atoms with Crippen molar-refractivity contribution in [2.75, 3.05) is 7.05 Å². The molecule has 5 nitrogen and oxygen atoms in total. The highest BCUT2D eigenvalue weighted by Gasteiger charge is 2.25. The second-order valence-corrected chi connectivity index (χ2v) is 5.92. The highest BCUT2D eigenvalue weighted by atomic mass is 32.2. The summed E-state index contributed by atoms with van der Waals surface area (Å²) in [4.78, 5) is 0. The summed E-state index contributed by atoms with van der Waals surface area (Å²) in [5, 5.41) is 7.26. The molecule has 0 aliphatic rings. The Hall–Kier alpha value is -1.40. The zero-order valence-electron chi connectivity index (χ0n) is 9.92. The van der Waals surface area contributed by atoms with Crippen molar-refractivity contribution in [3.05, 3.63) is 35.9 Å². The summed E-state index contributed by atoms with van der Waals surface area (Å²) in [7, 11) is -2.01. The molecule has 0 aromatic heterocycles. The first-order valence-electron chi connectivity index (χ1n) is 5.18. The van der Waals surface area contributed by atoms with Gasteiger partial charge in [-0.05, 0) is 12.5 Å². The number of nitrogens with zero attached hydrogens (tertiary/aromatic N) is 1. The average molecular weight is 255 g/mol. The van der Waals surface area contributed by atoms with E-state index in [4.69, 9.17) is 11.1 Å². The summed E-state index contributed by atoms with van der Waals surface area (Å²) in [5.41, 5.74) is 6.02. The lowest BCUT2D eigenvalue weighted by Gasteiger charge is -2.23. The number of hydrogen-bond donors (Lipinski definition) is 2. The molecule has 17 heavy (non-hydrogen) atoms. The Morgan fingerprint density at radius 2 is 1.94 bits per heavy atom. The highest BCUT2D eigenvalue weighted by Crippen LogP contribution is 2.11. The summed E-state index contributed by atoms with van der Waals surface area (Å²) in [6, 6.07) is 8.30. The van der Waals surface area contributed by atoms with Crippen LogP contribution >= 0.6 is 0 Å². The van der Waals surface area contributed by atoms with E-state index in [1.54, 1.807) is 31.2 Å². The standard InChI is InChI=1S/C11H17N3O2S/c1-9(11(12)13)14(2)17(15,16)8-10-6-4-3-5-7-10/h3-7,9H,8H2,1-2H3,(H3,12,13). The lowest BCUT2D eigenvalue weighted by Crippen LogP contribution is -2.43. The van der Waals surface area contributed by atoms with Gasteiger partial charge >= 0.3 is 0 Å². The van der Waals surface area contributed by atoms with Gasteiger partial charge in [0.1, 0.15) is 5.84 Å². The summed E-state index contributed by atoms with van der Waals surface area (Å²) in [5.74, 6) is -0.244. The van der Waals surface area contributed by atoms with E-state index in [1.165, 1.54) is 7.05 Å². The average Bonchev–Trinajstić information content (AvgIpc) is 2.27. The zero-order valence-corrected chi connectivity index (χ0v) is 10.7. The minimum Gasteiger partial charge on any atom is -0.386 e. The Kier molecular flexibility index (Phi) is 4.25. The van der Waals surface area contributed by atoms with Gasteiger partial charge in [-0.15, -0.1) is 0 Å². The Morgan fingerprint density at radius 3 is 2.41 bits per heavy atom. The second kappa shape index (κ2) is 5.29. The third-order valence-electron chi connectivity index (χ3n) is 2.63. The van der Waals surface area contributed by atoms with Crippen LogP contribution in [0.15, 0.2) is 30.3 Å². The number of rotatable bonds is 5. The Labute approximate surface area is 102 Å². The van der Waals surface area contributed by atoms with Crippen LogP contribution in [0.1, 0.15) is 12.5 Å². The van der Waals surface area contributed by atoms with E-state index < -0.39 is 16.1 Å². The van der Waals surface area contributed by atoms with Gasteiger partial charge in [-0.1, -0.05) is 30.3 Å². The Morgan fingerprint density at radius 1 is 1.41 bits per heavy atom. The van der Waals surface area contributed by atoms with Crippen molar-refractivity contribution in [1.82, 2.24) is 4.31 Å². The summed E-state index contributed by atoms with van der Waals surface area (Å²) < 4.78 is 25.2. The van der Waals surface area contributed by atoms with Crippen molar-refractivity contribution in [2.45, 2.75) is 18.7 Å². The molecular formula is C11H17N3O2S. The quantitative estimate of drug-likeness (QED) is 0.602. The molecule has 1 rings (SSSR count). The largest absolute Gasteiger partial charge is 0.386 e. The second-order valence-electron chi connectivity index (χ2n) is 3.89. The van der Waals surface area contributed by atoms with E-state index in [-0.39, 0.29) is 11.6 Å². The van der Waals surface area contributed by atoms with E-state index in [1.807, 2.05) is 6.07 Å². The minimum atomic E-state index is -3.45. The smallest absolute Gasteiger partial charge is 0.218 e. The predicted octanol–water partition coefficient (Wildman–Crippen LogP) is 0.773. The van der Waals surface area contributed by atoms with Crippen LogP contribution in [0.4, 0.5) is 0 Å². The fourth-order valence-electron chi connectivity index (χ4n) is 1.32. The van der Waals surface area contributed by atoms with Gasteiger partial charge in [0, 0.05) is 7.05 Å². The van der Waals surface area contributed by atoms with Gasteiger partial charge in [0.2, 0.25) is 10.0 Å². The molecule has 0 heterocycles. The van der Waals surface area contributed by atoms with Crippen LogP contribution in [-0.4, -0.2) is 31.6 Å². The van der Waals surface area contributed by atoms with Crippen molar-refractivity contribution in [2.24, 2.45) is 5.73 Å². The normalized spacial score (nSPS) is 13.6. The monoisotopic (exact) mass is 255 g/mol. The van der Waals surface area contributed by atoms with E-state index in [2.05, 4.69) is 0 Å². The van der Waals surface area contributed by atoms with E-state index >= 15 is 0 Å². The molecule has 0 saturated heterocycles. The van der Waals surface area contributed by atoms with Gasteiger partial charge in [-0.25, -0.2) is 8.42 Å². The maximum Gasteiger partial charge on any atom is 0.218 e. The predicted molar refractivity (Wildman–Crippen MR) is 68.2 cm³/mol. The molecule has 0 spiro atoms. The number of benzene rings is 1. The number of hydrogen-bond acceptors (Lipinski definition) is 3. The molecule has 3 N–H and O–H groups in total. The highest BCUT2D eigenvalue weighted by molar-refractivity contribution is 7.88. The van der Waals surface area contributed by atoms with Crippen LogP contribution in [0.2, 0.25) is 0 Å². The van der Waals surface area contributed by atoms with Crippen molar-refractivity contribution < 1.29 is 8.42 Å². The molecule has 94 valence electrons. The van der Waals surface area contributed by atoms with Gasteiger partial charge < -0.3 is 5.73 Å². The third-order valence-corrected chi connectivity index (χ3v) is 4.52. The lowest BCUT2D eigenvalue weighted by atomic mass is 10.2. The number of nitrogens with two attached hydrogens (primary N) is 1.